The number of benzene rings is 1. The number of imide groups is 1. The number of carbonyl (C=O) groups excluding carboxylic acids is 2. The molecule has 5 aliphatic rings. The molecule has 1 aromatic carbocycles. The van der Waals surface area contributed by atoms with Gasteiger partial charge in [-0.15, -0.1) is 0 Å². The molecular weight excluding hydrogens is 569 g/mol. The number of nitrogens with zero attached hydrogens (tertiary/aromatic N) is 2. The van der Waals surface area contributed by atoms with Crippen LogP contribution in [0.25, 0.3) is 10.9 Å². The van der Waals surface area contributed by atoms with E-state index in [0.29, 0.717) is 28.0 Å². The fourth-order valence-corrected chi connectivity index (χ4v) is 9.33. The second-order valence-electron chi connectivity index (χ2n) is 14.2. The highest BCUT2D eigenvalue weighted by Crippen LogP contribution is 2.61. The van der Waals surface area contributed by atoms with Gasteiger partial charge in [-0.2, -0.15) is 13.2 Å². The summed E-state index contributed by atoms with van der Waals surface area (Å²) in [6.07, 6.45) is 10.3. The van der Waals surface area contributed by atoms with Crippen molar-refractivity contribution in [2.75, 3.05) is 6.54 Å². The average Bonchev–Trinajstić information content (AvgIpc) is 2.95. The number of carbonyl (C=O) groups is 2. The van der Waals surface area contributed by atoms with Crippen molar-refractivity contribution in [2.24, 2.45) is 23.2 Å². The molecule has 2 N–H and O–H groups in total. The Balaban J connectivity index is 1.000. The zero-order chi connectivity index (χ0) is 31.1. The summed E-state index contributed by atoms with van der Waals surface area (Å²) in [6.45, 7) is 3.48. The van der Waals surface area contributed by atoms with E-state index < -0.39 is 35.4 Å². The van der Waals surface area contributed by atoms with Crippen LogP contribution in [-0.4, -0.2) is 34.0 Å². The van der Waals surface area contributed by atoms with Gasteiger partial charge in [-0.25, -0.2) is 4.98 Å². The van der Waals surface area contributed by atoms with Crippen molar-refractivity contribution in [3.05, 3.63) is 39.9 Å². The van der Waals surface area contributed by atoms with Gasteiger partial charge in [-0.3, -0.25) is 24.3 Å². The number of aromatic nitrogens is 2. The first-order valence-electron chi connectivity index (χ1n) is 16.7. The van der Waals surface area contributed by atoms with Gasteiger partial charge in [0.05, 0.1) is 10.9 Å². The van der Waals surface area contributed by atoms with Crippen molar-refractivity contribution < 1.29 is 22.8 Å². The molecule has 44 heavy (non-hydrogen) atoms. The molecule has 1 saturated heterocycles. The van der Waals surface area contributed by atoms with Crippen molar-refractivity contribution in [2.45, 2.75) is 121 Å². The van der Waals surface area contributed by atoms with E-state index in [2.05, 4.69) is 22.5 Å². The Morgan fingerprint density at radius 3 is 2.25 bits per heavy atom. The Morgan fingerprint density at radius 2 is 1.61 bits per heavy atom. The van der Waals surface area contributed by atoms with Crippen molar-refractivity contribution in [1.29, 1.82) is 0 Å². The SMILES string of the molecule is C[C@@H](NCCCCCCCCc1cccc2nc(C(F)(F)F)n([C@@H]3CCC(=O)NC3=O)c(=O)c12)C12CC3CC(CC(C3)C1)C2. The summed E-state index contributed by atoms with van der Waals surface area (Å²) in [5.74, 6) is 0.0251. The van der Waals surface area contributed by atoms with Crippen molar-refractivity contribution >= 4 is 22.7 Å². The minimum atomic E-state index is -4.94. The highest BCUT2D eigenvalue weighted by atomic mass is 19.4. The molecule has 7 rings (SSSR count). The predicted molar refractivity (Wildman–Crippen MR) is 162 cm³/mol. The largest absolute Gasteiger partial charge is 0.449 e. The van der Waals surface area contributed by atoms with Crippen molar-refractivity contribution in [3.63, 3.8) is 0 Å². The molecule has 0 radical (unpaired) electrons. The van der Waals surface area contributed by atoms with Crippen LogP contribution in [0.1, 0.15) is 114 Å². The van der Waals surface area contributed by atoms with Crippen LogP contribution in [0.5, 0.6) is 0 Å². The van der Waals surface area contributed by atoms with Crippen LogP contribution < -0.4 is 16.2 Å². The highest BCUT2D eigenvalue weighted by molar-refractivity contribution is 5.99. The van der Waals surface area contributed by atoms with E-state index in [-0.39, 0.29) is 23.7 Å². The third-order valence-electron chi connectivity index (χ3n) is 11.1. The maximum Gasteiger partial charge on any atom is 0.449 e. The summed E-state index contributed by atoms with van der Waals surface area (Å²) in [5, 5.41) is 6.06. The molecule has 0 unspecified atom stereocenters. The standard InChI is InChI=1S/C34H45F3N4O3/c1-21(33-18-22-15-23(19-33)17-24(16-22)20-33)38-14-7-5-3-2-4-6-9-25-10-8-11-26-29(25)31(44)41(32(39-26)34(35,36)37)27-12-13-28(42)40-30(27)43/h8,10-11,21-24,27,38H,2-7,9,12-20H2,1H3,(H,40,42,43)/t21-,22?,23?,24?,27-,33?/m1/s1. The van der Waals surface area contributed by atoms with E-state index in [1.807, 2.05) is 0 Å². The summed E-state index contributed by atoms with van der Waals surface area (Å²) in [7, 11) is 0. The molecule has 1 aromatic heterocycles. The number of hydrogen-bond acceptors (Lipinski definition) is 5. The Morgan fingerprint density at radius 1 is 0.977 bits per heavy atom. The van der Waals surface area contributed by atoms with Gasteiger partial charge in [0.15, 0.2) is 0 Å². The van der Waals surface area contributed by atoms with Crippen LogP contribution in [0, 0.1) is 23.2 Å². The van der Waals surface area contributed by atoms with Gasteiger partial charge in [-0.1, -0.05) is 37.8 Å². The summed E-state index contributed by atoms with van der Waals surface area (Å²) in [5.41, 5.74) is 0.254. The normalized spacial score (nSPS) is 28.9. The maximum atomic E-state index is 14.0. The second kappa shape index (κ2) is 12.6. The lowest BCUT2D eigenvalue weighted by Crippen LogP contribution is -2.54. The molecule has 240 valence electrons. The Hall–Kier alpha value is -2.75. The molecule has 4 aliphatic carbocycles. The molecule has 10 heteroatoms. The Bertz CT molecular complexity index is 1420. The van der Waals surface area contributed by atoms with E-state index >= 15 is 0 Å². The molecule has 2 heterocycles. The van der Waals surface area contributed by atoms with Crippen LogP contribution in [-0.2, 0) is 22.2 Å². The van der Waals surface area contributed by atoms with Gasteiger partial charge in [0, 0.05) is 12.5 Å². The van der Waals surface area contributed by atoms with Gasteiger partial charge in [0.1, 0.15) is 6.04 Å². The predicted octanol–water partition coefficient (Wildman–Crippen LogP) is 6.47. The third-order valence-corrected chi connectivity index (χ3v) is 11.1. The number of nitrogens with one attached hydrogen (secondary N) is 2. The minimum Gasteiger partial charge on any atom is -0.314 e. The van der Waals surface area contributed by atoms with Crippen LogP contribution in [0.15, 0.2) is 23.0 Å². The molecule has 2 amide bonds. The summed E-state index contributed by atoms with van der Waals surface area (Å²) >= 11 is 0. The fourth-order valence-electron chi connectivity index (χ4n) is 9.33. The number of unbranched alkanes of at least 4 members (excludes halogenated alkanes) is 5. The summed E-state index contributed by atoms with van der Waals surface area (Å²) in [6, 6.07) is 3.94. The fraction of sp³-hybridized carbons (Fsp3) is 0.706. The lowest BCUT2D eigenvalue weighted by Gasteiger charge is -2.59. The van der Waals surface area contributed by atoms with Crippen LogP contribution in [0.2, 0.25) is 0 Å². The smallest absolute Gasteiger partial charge is 0.314 e. The number of piperidine rings is 1. The Kier molecular flexibility index (Phi) is 8.92. The molecule has 4 saturated carbocycles. The first-order chi connectivity index (χ1) is 21.0. The van der Waals surface area contributed by atoms with E-state index in [4.69, 9.17) is 0 Å². The Labute approximate surface area is 256 Å². The quantitative estimate of drug-likeness (QED) is 0.211. The summed E-state index contributed by atoms with van der Waals surface area (Å²) in [4.78, 5) is 41.4. The van der Waals surface area contributed by atoms with E-state index in [1.54, 1.807) is 12.1 Å². The maximum absolute atomic E-state index is 14.0. The van der Waals surface area contributed by atoms with Gasteiger partial charge in [0.2, 0.25) is 17.6 Å². The van der Waals surface area contributed by atoms with E-state index in [1.165, 1.54) is 44.6 Å². The van der Waals surface area contributed by atoms with E-state index in [9.17, 15) is 27.6 Å². The zero-order valence-corrected chi connectivity index (χ0v) is 25.7. The molecular formula is C34H45F3N4O3. The number of hydrogen-bond donors (Lipinski definition) is 2. The summed E-state index contributed by atoms with van der Waals surface area (Å²) < 4.78 is 42.4. The van der Waals surface area contributed by atoms with Crippen LogP contribution >= 0.6 is 0 Å². The van der Waals surface area contributed by atoms with Crippen LogP contribution in [0.3, 0.4) is 0 Å². The molecule has 1 aliphatic heterocycles. The zero-order valence-electron chi connectivity index (χ0n) is 25.7. The molecule has 4 bridgehead atoms. The topological polar surface area (TPSA) is 93.1 Å². The second-order valence-corrected chi connectivity index (χ2v) is 14.2. The number of rotatable bonds is 12. The van der Waals surface area contributed by atoms with Gasteiger partial charge in [-0.05, 0) is 112 Å². The van der Waals surface area contributed by atoms with Crippen LogP contribution in [0.4, 0.5) is 13.2 Å². The molecule has 0 spiro atoms. The van der Waals surface area contributed by atoms with E-state index in [0.717, 1.165) is 62.8 Å². The monoisotopic (exact) mass is 614 g/mol. The number of alkyl halides is 3. The molecule has 2 atom stereocenters. The van der Waals surface area contributed by atoms with Gasteiger partial charge in [0.25, 0.3) is 5.56 Å². The number of halogens is 3. The lowest BCUT2D eigenvalue weighted by atomic mass is 9.48. The van der Waals surface area contributed by atoms with Crippen molar-refractivity contribution in [3.8, 4) is 0 Å². The van der Waals surface area contributed by atoms with Gasteiger partial charge >= 0.3 is 6.18 Å². The minimum absolute atomic E-state index is 0.0290. The average molecular weight is 615 g/mol. The van der Waals surface area contributed by atoms with Crippen molar-refractivity contribution in [1.82, 2.24) is 20.2 Å². The molecule has 2 aromatic rings. The third kappa shape index (κ3) is 6.33. The number of amides is 2. The molecule has 5 fully saturated rings. The number of fused-ring (bicyclic) bond motifs is 1. The van der Waals surface area contributed by atoms with Gasteiger partial charge < -0.3 is 5.32 Å². The first kappa shape index (κ1) is 31.2. The lowest BCUT2D eigenvalue weighted by molar-refractivity contribution is -0.150. The number of aryl methyl sites for hydroxylation is 1. The first-order valence-corrected chi connectivity index (χ1v) is 16.7. The highest BCUT2D eigenvalue weighted by Gasteiger charge is 2.53. The molecule has 7 nitrogen and oxygen atoms in total.